The molecule has 0 unspecified atom stereocenters. The van der Waals surface area contributed by atoms with Crippen LogP contribution < -0.4 is 0 Å². The molecule has 1 aromatic carbocycles. The average Bonchev–Trinajstić information content (AvgIpc) is 2.59. The van der Waals surface area contributed by atoms with Crippen molar-refractivity contribution in [1.29, 1.82) is 0 Å². The fraction of sp³-hybridized carbons (Fsp3) is 0.682. The molecule has 4 heteroatoms. The second-order valence-corrected chi connectivity index (χ2v) is 8.80. The van der Waals surface area contributed by atoms with Crippen LogP contribution in [0.2, 0.25) is 0 Å². The zero-order valence-corrected chi connectivity index (χ0v) is 16.9. The van der Waals surface area contributed by atoms with Crippen molar-refractivity contribution in [1.82, 2.24) is 14.7 Å². The third-order valence-electron chi connectivity index (χ3n) is 6.01. The maximum absolute atomic E-state index is 12.9. The van der Waals surface area contributed by atoms with Crippen molar-refractivity contribution in [3.05, 3.63) is 35.4 Å². The zero-order chi connectivity index (χ0) is 18.7. The van der Waals surface area contributed by atoms with Crippen molar-refractivity contribution in [3.63, 3.8) is 0 Å². The first-order valence-corrected chi connectivity index (χ1v) is 10.2. The van der Waals surface area contributed by atoms with Gasteiger partial charge in [0.05, 0.1) is 0 Å². The van der Waals surface area contributed by atoms with Gasteiger partial charge in [-0.2, -0.15) is 0 Å². The van der Waals surface area contributed by atoms with Gasteiger partial charge < -0.3 is 9.80 Å². The summed E-state index contributed by atoms with van der Waals surface area (Å²) in [7, 11) is 4.18. The Bertz CT molecular complexity index is 592. The number of amides is 1. The van der Waals surface area contributed by atoms with E-state index in [9.17, 15) is 4.79 Å². The summed E-state index contributed by atoms with van der Waals surface area (Å²) in [4.78, 5) is 19.7. The minimum Gasteiger partial charge on any atom is -0.333 e. The first-order chi connectivity index (χ1) is 12.4. The second kappa shape index (κ2) is 8.53. The summed E-state index contributed by atoms with van der Waals surface area (Å²) >= 11 is 0. The summed E-state index contributed by atoms with van der Waals surface area (Å²) in [5, 5.41) is 0. The molecule has 1 saturated heterocycles. The molecule has 1 heterocycles. The van der Waals surface area contributed by atoms with Gasteiger partial charge >= 0.3 is 0 Å². The molecule has 3 rings (SSSR count). The highest BCUT2D eigenvalue weighted by Gasteiger charge is 2.32. The van der Waals surface area contributed by atoms with E-state index in [4.69, 9.17) is 0 Å². The Labute approximate surface area is 159 Å². The molecule has 1 aromatic rings. The first-order valence-electron chi connectivity index (χ1n) is 10.2. The van der Waals surface area contributed by atoms with Gasteiger partial charge in [-0.25, -0.2) is 0 Å². The number of benzene rings is 1. The highest BCUT2D eigenvalue weighted by Crippen LogP contribution is 2.33. The van der Waals surface area contributed by atoms with Crippen LogP contribution in [0.25, 0.3) is 0 Å². The summed E-state index contributed by atoms with van der Waals surface area (Å²) in [6.07, 6.45) is 3.79. The number of hydrogen-bond donors (Lipinski definition) is 0. The molecule has 26 heavy (non-hydrogen) atoms. The summed E-state index contributed by atoms with van der Waals surface area (Å²) < 4.78 is 0. The summed E-state index contributed by atoms with van der Waals surface area (Å²) in [5.74, 6) is 1.99. The van der Waals surface area contributed by atoms with Crippen molar-refractivity contribution in [2.45, 2.75) is 39.2 Å². The number of piperazine rings is 1. The Balaban J connectivity index is 1.51. The minimum atomic E-state index is 0.188. The van der Waals surface area contributed by atoms with E-state index in [2.05, 4.69) is 54.8 Å². The Morgan fingerprint density at radius 1 is 1.12 bits per heavy atom. The molecule has 0 spiro atoms. The van der Waals surface area contributed by atoms with Crippen molar-refractivity contribution >= 4 is 5.91 Å². The molecule has 1 aliphatic heterocycles. The fourth-order valence-corrected chi connectivity index (χ4v) is 4.42. The van der Waals surface area contributed by atoms with E-state index in [0.29, 0.717) is 6.04 Å². The molecule has 2 fully saturated rings. The molecule has 1 amide bonds. The number of nitrogens with zero attached hydrogens (tertiary/aromatic N) is 3. The van der Waals surface area contributed by atoms with Gasteiger partial charge in [-0.05, 0) is 69.8 Å². The fourth-order valence-electron chi connectivity index (χ4n) is 4.42. The van der Waals surface area contributed by atoms with Crippen molar-refractivity contribution in [2.75, 3.05) is 46.8 Å². The monoisotopic (exact) mass is 357 g/mol. The largest absolute Gasteiger partial charge is 0.333 e. The molecular weight excluding hydrogens is 322 g/mol. The van der Waals surface area contributed by atoms with Gasteiger partial charge in [-0.15, -0.1) is 0 Å². The Kier molecular flexibility index (Phi) is 6.36. The van der Waals surface area contributed by atoms with Crippen LogP contribution >= 0.6 is 0 Å². The number of hydrogen-bond acceptors (Lipinski definition) is 3. The maximum Gasteiger partial charge on any atom is 0.254 e. The SMILES string of the molecule is CC1CC(CN2CCN(C(=O)c3ccc(CCN(C)C)cc3)[C@H](C)C2)C1. The molecule has 0 radical (unpaired) electrons. The Hall–Kier alpha value is -1.39. The predicted molar refractivity (Wildman–Crippen MR) is 108 cm³/mol. The lowest BCUT2D eigenvalue weighted by Crippen LogP contribution is -2.55. The molecule has 2 aliphatic rings. The van der Waals surface area contributed by atoms with Crippen LogP contribution in [0.1, 0.15) is 42.6 Å². The minimum absolute atomic E-state index is 0.188. The van der Waals surface area contributed by atoms with E-state index in [0.717, 1.165) is 50.0 Å². The lowest BCUT2D eigenvalue weighted by Gasteiger charge is -2.43. The van der Waals surface area contributed by atoms with Crippen LogP contribution in [0.15, 0.2) is 24.3 Å². The van der Waals surface area contributed by atoms with Crippen molar-refractivity contribution < 1.29 is 4.79 Å². The van der Waals surface area contributed by atoms with E-state index in [1.165, 1.54) is 24.9 Å². The molecule has 1 atom stereocenters. The van der Waals surface area contributed by atoms with E-state index >= 15 is 0 Å². The molecular formula is C22H35N3O. The number of rotatable bonds is 6. The standard InChI is InChI=1S/C22H35N3O/c1-17-13-20(14-17)16-24-11-12-25(18(2)15-24)22(26)21-7-5-19(6-8-21)9-10-23(3)4/h5-8,17-18,20H,9-16H2,1-4H3/t17?,18-,20?/m1/s1. The van der Waals surface area contributed by atoms with Gasteiger partial charge in [0.25, 0.3) is 5.91 Å². The lowest BCUT2D eigenvalue weighted by molar-refractivity contribution is 0.0385. The molecule has 0 aromatic heterocycles. The number of carbonyl (C=O) groups excluding carboxylic acids is 1. The number of likely N-dealkylation sites (N-methyl/N-ethyl adjacent to an activating group) is 1. The van der Waals surface area contributed by atoms with E-state index in [1.807, 2.05) is 12.1 Å². The van der Waals surface area contributed by atoms with Gasteiger partial charge in [0.1, 0.15) is 0 Å². The Morgan fingerprint density at radius 3 is 2.38 bits per heavy atom. The van der Waals surface area contributed by atoms with E-state index in [1.54, 1.807) is 0 Å². The van der Waals surface area contributed by atoms with Crippen LogP contribution in [0, 0.1) is 11.8 Å². The quantitative estimate of drug-likeness (QED) is 0.783. The van der Waals surface area contributed by atoms with Crippen LogP contribution in [0.3, 0.4) is 0 Å². The van der Waals surface area contributed by atoms with Gasteiger partial charge in [0.2, 0.25) is 0 Å². The molecule has 1 aliphatic carbocycles. The topological polar surface area (TPSA) is 26.8 Å². The third kappa shape index (κ3) is 4.86. The summed E-state index contributed by atoms with van der Waals surface area (Å²) in [5.41, 5.74) is 2.12. The van der Waals surface area contributed by atoms with Gasteiger partial charge in [-0.1, -0.05) is 19.1 Å². The Morgan fingerprint density at radius 2 is 1.81 bits per heavy atom. The van der Waals surface area contributed by atoms with E-state index < -0.39 is 0 Å². The van der Waals surface area contributed by atoms with E-state index in [-0.39, 0.29) is 5.91 Å². The van der Waals surface area contributed by atoms with Crippen LogP contribution in [0.4, 0.5) is 0 Å². The smallest absolute Gasteiger partial charge is 0.254 e. The number of carbonyl (C=O) groups is 1. The van der Waals surface area contributed by atoms with Crippen LogP contribution in [0.5, 0.6) is 0 Å². The predicted octanol–water partition coefficient (Wildman–Crippen LogP) is 2.98. The molecule has 0 N–H and O–H groups in total. The van der Waals surface area contributed by atoms with Gasteiger partial charge in [0.15, 0.2) is 0 Å². The van der Waals surface area contributed by atoms with Crippen LogP contribution in [-0.4, -0.2) is 73.5 Å². The normalized spacial score (nSPS) is 26.8. The molecule has 144 valence electrons. The summed E-state index contributed by atoms with van der Waals surface area (Å²) in [6.45, 7) is 9.67. The second-order valence-electron chi connectivity index (χ2n) is 8.80. The molecule has 1 saturated carbocycles. The maximum atomic E-state index is 12.9. The van der Waals surface area contributed by atoms with Gasteiger partial charge in [0, 0.05) is 44.3 Å². The highest BCUT2D eigenvalue weighted by atomic mass is 16.2. The zero-order valence-electron chi connectivity index (χ0n) is 16.9. The molecule has 0 bridgehead atoms. The lowest BCUT2D eigenvalue weighted by atomic mass is 9.76. The third-order valence-corrected chi connectivity index (χ3v) is 6.01. The highest BCUT2D eigenvalue weighted by molar-refractivity contribution is 5.94. The summed E-state index contributed by atoms with van der Waals surface area (Å²) in [6, 6.07) is 8.51. The average molecular weight is 358 g/mol. The van der Waals surface area contributed by atoms with Crippen molar-refractivity contribution in [3.8, 4) is 0 Å². The van der Waals surface area contributed by atoms with Crippen LogP contribution in [-0.2, 0) is 6.42 Å². The first kappa shape index (κ1) is 19.4. The molecule has 4 nitrogen and oxygen atoms in total. The van der Waals surface area contributed by atoms with Crippen molar-refractivity contribution in [2.24, 2.45) is 11.8 Å². The van der Waals surface area contributed by atoms with Gasteiger partial charge in [-0.3, -0.25) is 9.69 Å².